The molecule has 0 saturated heterocycles. The lowest BCUT2D eigenvalue weighted by atomic mass is 10.2. The van der Waals surface area contributed by atoms with Crippen LogP contribution in [0.2, 0.25) is 0 Å². The Balaban J connectivity index is 1.86. The second kappa shape index (κ2) is 7.07. The summed E-state index contributed by atoms with van der Waals surface area (Å²) in [6, 6.07) is 9.59. The third-order valence-corrected chi connectivity index (χ3v) is 2.52. The van der Waals surface area contributed by atoms with Gasteiger partial charge in [0.2, 0.25) is 11.7 Å². The number of ether oxygens (including phenoxy) is 1. The maximum Gasteiger partial charge on any atom is 0.374 e. The van der Waals surface area contributed by atoms with E-state index in [4.69, 9.17) is 9.15 Å². The highest BCUT2D eigenvalue weighted by atomic mass is 16.5. The molecule has 1 aromatic heterocycles. The molecule has 22 heavy (non-hydrogen) atoms. The molecule has 1 aromatic carbocycles. The Labute approximate surface area is 126 Å². The van der Waals surface area contributed by atoms with Gasteiger partial charge >= 0.3 is 5.97 Å². The minimum Gasteiger partial charge on any atom is -0.457 e. The first-order chi connectivity index (χ1) is 10.5. The zero-order valence-corrected chi connectivity index (χ0v) is 11.8. The third-order valence-electron chi connectivity index (χ3n) is 2.52. The van der Waals surface area contributed by atoms with Gasteiger partial charge in [-0.25, -0.2) is 4.79 Å². The van der Waals surface area contributed by atoms with E-state index in [9.17, 15) is 14.4 Å². The highest BCUT2D eigenvalue weighted by Crippen LogP contribution is 2.15. The quantitative estimate of drug-likeness (QED) is 0.824. The Morgan fingerprint density at radius 1 is 1.09 bits per heavy atom. The number of carbonyl (C=O) groups is 3. The van der Waals surface area contributed by atoms with Crippen molar-refractivity contribution in [3.63, 3.8) is 0 Å². The zero-order chi connectivity index (χ0) is 15.9. The Morgan fingerprint density at radius 3 is 2.45 bits per heavy atom. The molecule has 0 saturated carbocycles. The molecule has 7 heteroatoms. The van der Waals surface area contributed by atoms with E-state index in [1.54, 1.807) is 30.3 Å². The molecular formula is C15H14N2O5. The molecule has 0 unspecified atom stereocenters. The third kappa shape index (κ3) is 4.48. The average Bonchev–Trinajstić information content (AvgIpc) is 2.98. The van der Waals surface area contributed by atoms with Crippen LogP contribution in [-0.2, 0) is 14.3 Å². The molecule has 0 aliphatic rings. The highest BCUT2D eigenvalue weighted by Gasteiger charge is 2.12. The lowest BCUT2D eigenvalue weighted by Crippen LogP contribution is -2.20. The minimum absolute atomic E-state index is 0.0282. The molecule has 0 atom stereocenters. The number of hydrogen-bond donors (Lipinski definition) is 2. The molecule has 0 spiro atoms. The molecule has 2 N–H and O–H groups in total. The number of rotatable bonds is 5. The van der Waals surface area contributed by atoms with E-state index in [0.29, 0.717) is 11.4 Å². The molecule has 2 amide bonds. The monoisotopic (exact) mass is 302 g/mol. The maximum absolute atomic E-state index is 11.7. The predicted molar refractivity (Wildman–Crippen MR) is 78.4 cm³/mol. The van der Waals surface area contributed by atoms with Crippen LogP contribution in [0.1, 0.15) is 17.5 Å². The predicted octanol–water partition coefficient (Wildman–Crippen LogP) is 2.03. The van der Waals surface area contributed by atoms with Crippen LogP contribution >= 0.6 is 0 Å². The fraction of sp³-hybridized carbons (Fsp3) is 0.133. The summed E-state index contributed by atoms with van der Waals surface area (Å²) in [4.78, 5) is 34.2. The fourth-order valence-electron chi connectivity index (χ4n) is 1.67. The number of furan rings is 1. The first kappa shape index (κ1) is 15.3. The van der Waals surface area contributed by atoms with Gasteiger partial charge in [0, 0.05) is 18.3 Å². The summed E-state index contributed by atoms with van der Waals surface area (Å²) in [6.07, 6.45) is 1.34. The number of benzene rings is 1. The van der Waals surface area contributed by atoms with Crippen molar-refractivity contribution in [2.75, 3.05) is 17.2 Å². The fourth-order valence-corrected chi connectivity index (χ4v) is 1.67. The van der Waals surface area contributed by atoms with E-state index in [2.05, 4.69) is 10.6 Å². The Hall–Kier alpha value is -3.09. The molecule has 114 valence electrons. The van der Waals surface area contributed by atoms with Crippen LogP contribution in [0.15, 0.2) is 47.1 Å². The van der Waals surface area contributed by atoms with Gasteiger partial charge in [0.1, 0.15) is 0 Å². The summed E-state index contributed by atoms with van der Waals surface area (Å²) >= 11 is 0. The molecule has 7 nitrogen and oxygen atoms in total. The smallest absolute Gasteiger partial charge is 0.374 e. The number of amides is 2. The lowest BCUT2D eigenvalue weighted by Gasteiger charge is -2.08. The molecule has 2 rings (SSSR count). The highest BCUT2D eigenvalue weighted by molar-refractivity contribution is 5.95. The summed E-state index contributed by atoms with van der Waals surface area (Å²) in [7, 11) is 0. The van der Waals surface area contributed by atoms with Crippen LogP contribution in [0, 0.1) is 0 Å². The van der Waals surface area contributed by atoms with Crippen LogP contribution in [-0.4, -0.2) is 24.4 Å². The lowest BCUT2D eigenvalue weighted by molar-refractivity contribution is -0.119. The maximum atomic E-state index is 11.7. The zero-order valence-electron chi connectivity index (χ0n) is 11.8. The molecule has 0 bridgehead atoms. The number of carbonyl (C=O) groups excluding carboxylic acids is 3. The van der Waals surface area contributed by atoms with Gasteiger partial charge in [-0.2, -0.15) is 0 Å². The van der Waals surface area contributed by atoms with E-state index in [-0.39, 0.29) is 11.7 Å². The first-order valence-electron chi connectivity index (χ1n) is 6.43. The van der Waals surface area contributed by atoms with Crippen LogP contribution in [0.3, 0.4) is 0 Å². The molecule has 0 fully saturated rings. The van der Waals surface area contributed by atoms with Gasteiger partial charge in [0.25, 0.3) is 5.91 Å². The summed E-state index contributed by atoms with van der Waals surface area (Å²) < 4.78 is 9.65. The number of nitrogens with one attached hydrogen (secondary N) is 2. The molecule has 0 aliphatic heterocycles. The number of esters is 1. The summed E-state index contributed by atoms with van der Waals surface area (Å²) in [5, 5.41) is 5.16. The van der Waals surface area contributed by atoms with Crippen molar-refractivity contribution >= 4 is 29.2 Å². The van der Waals surface area contributed by atoms with Crippen molar-refractivity contribution in [2.45, 2.75) is 6.92 Å². The second-order valence-electron chi connectivity index (χ2n) is 4.36. The van der Waals surface area contributed by atoms with Crippen molar-refractivity contribution in [2.24, 2.45) is 0 Å². The van der Waals surface area contributed by atoms with E-state index >= 15 is 0 Å². The molecule has 2 aromatic rings. The van der Waals surface area contributed by atoms with E-state index < -0.39 is 18.5 Å². The average molecular weight is 302 g/mol. The van der Waals surface area contributed by atoms with Crippen molar-refractivity contribution in [1.82, 2.24) is 0 Å². The largest absolute Gasteiger partial charge is 0.457 e. The first-order valence-corrected chi connectivity index (χ1v) is 6.43. The van der Waals surface area contributed by atoms with E-state index in [0.717, 1.165) is 0 Å². The number of anilines is 2. The second-order valence-corrected chi connectivity index (χ2v) is 4.36. The van der Waals surface area contributed by atoms with Gasteiger partial charge in [-0.3, -0.25) is 9.59 Å². The van der Waals surface area contributed by atoms with Crippen LogP contribution in [0.25, 0.3) is 0 Å². The van der Waals surface area contributed by atoms with Crippen LogP contribution < -0.4 is 10.6 Å². The van der Waals surface area contributed by atoms with Gasteiger partial charge in [-0.15, -0.1) is 0 Å². The van der Waals surface area contributed by atoms with E-state index in [1.807, 2.05) is 0 Å². The standard InChI is InChI=1S/C15H14N2O5/c1-10(18)16-11-4-2-5-12(8-11)17-14(19)9-22-15(20)13-6-3-7-21-13/h2-8H,9H2,1H3,(H,16,18)(H,17,19). The summed E-state index contributed by atoms with van der Waals surface area (Å²) in [5.41, 5.74) is 1.03. The van der Waals surface area contributed by atoms with Crippen molar-refractivity contribution in [3.05, 3.63) is 48.4 Å². The van der Waals surface area contributed by atoms with Crippen molar-refractivity contribution in [3.8, 4) is 0 Å². The molecule has 1 heterocycles. The minimum atomic E-state index is -0.716. The molecule has 0 aliphatic carbocycles. The SMILES string of the molecule is CC(=O)Nc1cccc(NC(=O)COC(=O)c2ccco2)c1. The normalized spacial score (nSPS) is 9.86. The summed E-state index contributed by atoms with van der Waals surface area (Å²) in [6.45, 7) is 0.948. The van der Waals surface area contributed by atoms with E-state index in [1.165, 1.54) is 19.3 Å². The summed E-state index contributed by atoms with van der Waals surface area (Å²) in [5.74, 6) is -1.40. The van der Waals surface area contributed by atoms with Gasteiger partial charge in [-0.1, -0.05) is 6.07 Å². The van der Waals surface area contributed by atoms with Crippen molar-refractivity contribution < 1.29 is 23.5 Å². The topological polar surface area (TPSA) is 97.6 Å². The van der Waals surface area contributed by atoms with Crippen LogP contribution in [0.4, 0.5) is 11.4 Å². The van der Waals surface area contributed by atoms with Gasteiger partial charge in [-0.05, 0) is 30.3 Å². The Kier molecular flexibility index (Phi) is 4.92. The van der Waals surface area contributed by atoms with Gasteiger partial charge < -0.3 is 19.8 Å². The number of hydrogen-bond acceptors (Lipinski definition) is 5. The van der Waals surface area contributed by atoms with Crippen molar-refractivity contribution in [1.29, 1.82) is 0 Å². The van der Waals surface area contributed by atoms with Crippen LogP contribution in [0.5, 0.6) is 0 Å². The Morgan fingerprint density at radius 2 is 1.82 bits per heavy atom. The Bertz CT molecular complexity index is 679. The molecule has 0 radical (unpaired) electrons. The van der Waals surface area contributed by atoms with Gasteiger partial charge in [0.05, 0.1) is 6.26 Å². The van der Waals surface area contributed by atoms with Gasteiger partial charge in [0.15, 0.2) is 6.61 Å². The molecular weight excluding hydrogens is 288 g/mol.